The van der Waals surface area contributed by atoms with Crippen molar-refractivity contribution in [1.82, 2.24) is 5.32 Å². The normalized spacial score (nSPS) is 11.9. The van der Waals surface area contributed by atoms with Gasteiger partial charge in [0, 0.05) is 11.4 Å². The van der Waals surface area contributed by atoms with Crippen LogP contribution >= 0.6 is 0 Å². The molecule has 0 unspecified atom stereocenters. The van der Waals surface area contributed by atoms with Crippen molar-refractivity contribution in [1.29, 1.82) is 0 Å². The molecule has 3 aromatic rings. The first-order valence-electron chi connectivity index (χ1n) is 8.53. The number of carbonyl (C=O) groups is 1. The van der Waals surface area contributed by atoms with Gasteiger partial charge in [-0.05, 0) is 49.6 Å². The molecule has 0 aliphatic heterocycles. The molecule has 0 radical (unpaired) electrons. The number of amides is 1. The van der Waals surface area contributed by atoms with Crippen LogP contribution in [0.5, 0.6) is 5.75 Å². The second-order valence-electron chi connectivity index (χ2n) is 6.25. The average molecular weight is 351 g/mol. The van der Waals surface area contributed by atoms with Crippen LogP contribution in [0.2, 0.25) is 0 Å². The zero-order valence-corrected chi connectivity index (χ0v) is 14.8. The summed E-state index contributed by atoms with van der Waals surface area (Å²) in [6.45, 7) is 1.92. The number of carbonyl (C=O) groups excluding carboxylic acids is 1. The predicted molar refractivity (Wildman–Crippen MR) is 101 cm³/mol. The lowest BCUT2D eigenvalue weighted by Gasteiger charge is -2.13. The smallest absolute Gasteiger partial charge is 0.349 e. The van der Waals surface area contributed by atoms with Crippen LogP contribution in [0.15, 0.2) is 63.8 Å². The van der Waals surface area contributed by atoms with Gasteiger partial charge in [0.05, 0.1) is 7.11 Å². The van der Waals surface area contributed by atoms with Crippen molar-refractivity contribution in [3.63, 3.8) is 0 Å². The van der Waals surface area contributed by atoms with Crippen LogP contribution in [0.3, 0.4) is 0 Å². The van der Waals surface area contributed by atoms with Crippen LogP contribution in [-0.2, 0) is 6.42 Å². The molecule has 0 aliphatic carbocycles. The van der Waals surface area contributed by atoms with Crippen LogP contribution in [0.1, 0.15) is 29.3 Å². The zero-order valence-electron chi connectivity index (χ0n) is 14.8. The molecule has 0 spiro atoms. The molecule has 0 saturated heterocycles. The quantitative estimate of drug-likeness (QED) is 0.690. The molecule has 1 aromatic heterocycles. The van der Waals surface area contributed by atoms with Gasteiger partial charge in [-0.3, -0.25) is 4.79 Å². The molecule has 5 nitrogen and oxygen atoms in total. The summed E-state index contributed by atoms with van der Waals surface area (Å²) in [7, 11) is 1.56. The lowest BCUT2D eigenvalue weighted by Crippen LogP contribution is -2.35. The van der Waals surface area contributed by atoms with E-state index in [0.717, 1.165) is 12.8 Å². The number of nitrogens with one attached hydrogen (secondary N) is 1. The molecule has 0 aliphatic rings. The number of fused-ring (bicyclic) bond motifs is 1. The first kappa shape index (κ1) is 17.7. The van der Waals surface area contributed by atoms with Crippen LogP contribution in [0.25, 0.3) is 11.0 Å². The van der Waals surface area contributed by atoms with E-state index in [1.165, 1.54) is 5.56 Å². The zero-order chi connectivity index (χ0) is 18.5. The highest BCUT2D eigenvalue weighted by molar-refractivity contribution is 5.96. The summed E-state index contributed by atoms with van der Waals surface area (Å²) in [5.41, 5.74) is 0.989. The van der Waals surface area contributed by atoms with E-state index in [4.69, 9.17) is 9.15 Å². The lowest BCUT2D eigenvalue weighted by atomic mass is 10.1. The highest BCUT2D eigenvalue weighted by Crippen LogP contribution is 2.20. The second kappa shape index (κ2) is 7.87. The van der Waals surface area contributed by atoms with Crippen molar-refractivity contribution >= 4 is 16.9 Å². The molecule has 5 heteroatoms. The van der Waals surface area contributed by atoms with E-state index in [1.54, 1.807) is 31.4 Å². The molecule has 1 atom stereocenters. The first-order chi connectivity index (χ1) is 12.6. The van der Waals surface area contributed by atoms with E-state index in [-0.39, 0.29) is 11.6 Å². The van der Waals surface area contributed by atoms with E-state index >= 15 is 0 Å². The van der Waals surface area contributed by atoms with Gasteiger partial charge in [-0.2, -0.15) is 0 Å². The molecule has 134 valence electrons. The SMILES string of the molecule is COc1ccc2oc(=O)c(C(=O)N[C@@H](C)CCc3ccccc3)cc2c1. The maximum absolute atomic E-state index is 12.5. The van der Waals surface area contributed by atoms with Crippen molar-refractivity contribution in [2.45, 2.75) is 25.8 Å². The summed E-state index contributed by atoms with van der Waals surface area (Å²) in [4.78, 5) is 24.6. The van der Waals surface area contributed by atoms with Crippen molar-refractivity contribution in [3.8, 4) is 5.75 Å². The van der Waals surface area contributed by atoms with Crippen LogP contribution in [0, 0.1) is 0 Å². The summed E-state index contributed by atoms with van der Waals surface area (Å²) in [6, 6.07) is 16.6. The van der Waals surface area contributed by atoms with E-state index in [2.05, 4.69) is 17.4 Å². The summed E-state index contributed by atoms with van der Waals surface area (Å²) >= 11 is 0. The summed E-state index contributed by atoms with van der Waals surface area (Å²) < 4.78 is 10.4. The average Bonchev–Trinajstić information content (AvgIpc) is 2.66. The monoisotopic (exact) mass is 351 g/mol. The Morgan fingerprint density at radius 1 is 1.15 bits per heavy atom. The Hall–Kier alpha value is -3.08. The van der Waals surface area contributed by atoms with Gasteiger partial charge >= 0.3 is 5.63 Å². The van der Waals surface area contributed by atoms with Crippen molar-refractivity contribution in [2.24, 2.45) is 0 Å². The number of benzene rings is 2. The Morgan fingerprint density at radius 2 is 1.92 bits per heavy atom. The van der Waals surface area contributed by atoms with Gasteiger partial charge in [0.2, 0.25) is 0 Å². The van der Waals surface area contributed by atoms with E-state index in [9.17, 15) is 9.59 Å². The molecular formula is C21H21NO4. The molecule has 0 saturated carbocycles. The molecular weight excluding hydrogens is 330 g/mol. The number of hydrogen-bond acceptors (Lipinski definition) is 4. The third-order valence-electron chi connectivity index (χ3n) is 4.27. The first-order valence-corrected chi connectivity index (χ1v) is 8.53. The molecule has 1 amide bonds. The Balaban J connectivity index is 1.72. The van der Waals surface area contributed by atoms with Crippen molar-refractivity contribution in [2.75, 3.05) is 7.11 Å². The van der Waals surface area contributed by atoms with Gasteiger partial charge in [0.25, 0.3) is 5.91 Å². The number of aryl methyl sites for hydroxylation is 1. The standard InChI is InChI=1S/C21H21NO4/c1-14(8-9-15-6-4-3-5-7-15)22-20(23)18-13-16-12-17(25-2)10-11-19(16)26-21(18)24/h3-7,10-14H,8-9H2,1-2H3,(H,22,23)/t14-/m0/s1. The Kier molecular flexibility index (Phi) is 5.37. The van der Waals surface area contributed by atoms with E-state index in [0.29, 0.717) is 16.7 Å². The number of hydrogen-bond donors (Lipinski definition) is 1. The summed E-state index contributed by atoms with van der Waals surface area (Å²) in [5, 5.41) is 3.51. The van der Waals surface area contributed by atoms with E-state index < -0.39 is 11.5 Å². The molecule has 2 aromatic carbocycles. The molecule has 1 heterocycles. The van der Waals surface area contributed by atoms with Crippen LogP contribution in [-0.4, -0.2) is 19.1 Å². The fraction of sp³-hybridized carbons (Fsp3) is 0.238. The minimum Gasteiger partial charge on any atom is -0.497 e. The molecule has 26 heavy (non-hydrogen) atoms. The molecule has 0 fully saturated rings. The van der Waals surface area contributed by atoms with E-state index in [1.807, 2.05) is 25.1 Å². The number of rotatable bonds is 6. The molecule has 1 N–H and O–H groups in total. The topological polar surface area (TPSA) is 68.5 Å². The number of methoxy groups -OCH3 is 1. The fourth-order valence-electron chi connectivity index (χ4n) is 2.79. The second-order valence-corrected chi connectivity index (χ2v) is 6.25. The lowest BCUT2D eigenvalue weighted by molar-refractivity contribution is 0.0935. The van der Waals surface area contributed by atoms with Crippen LogP contribution < -0.4 is 15.7 Å². The van der Waals surface area contributed by atoms with Crippen LogP contribution in [0.4, 0.5) is 0 Å². The fourth-order valence-corrected chi connectivity index (χ4v) is 2.79. The van der Waals surface area contributed by atoms with Gasteiger partial charge in [0.15, 0.2) is 0 Å². The van der Waals surface area contributed by atoms with Gasteiger partial charge in [0.1, 0.15) is 16.9 Å². The summed E-state index contributed by atoms with van der Waals surface area (Å²) in [5.74, 6) is 0.206. The maximum Gasteiger partial charge on any atom is 0.349 e. The van der Waals surface area contributed by atoms with Gasteiger partial charge in [-0.1, -0.05) is 30.3 Å². The third kappa shape index (κ3) is 4.11. The highest BCUT2D eigenvalue weighted by atomic mass is 16.5. The maximum atomic E-state index is 12.5. The highest BCUT2D eigenvalue weighted by Gasteiger charge is 2.16. The van der Waals surface area contributed by atoms with Gasteiger partial charge in [-0.25, -0.2) is 4.79 Å². The van der Waals surface area contributed by atoms with Crippen molar-refractivity contribution in [3.05, 3.63) is 76.1 Å². The van der Waals surface area contributed by atoms with Gasteiger partial charge in [-0.15, -0.1) is 0 Å². The summed E-state index contributed by atoms with van der Waals surface area (Å²) in [6.07, 6.45) is 1.63. The molecule has 3 rings (SSSR count). The Bertz CT molecular complexity index is 963. The Labute approximate surface area is 151 Å². The largest absolute Gasteiger partial charge is 0.497 e. The number of ether oxygens (including phenoxy) is 1. The predicted octanol–water partition coefficient (Wildman–Crippen LogP) is 3.55. The van der Waals surface area contributed by atoms with Crippen molar-refractivity contribution < 1.29 is 13.9 Å². The Morgan fingerprint density at radius 3 is 2.65 bits per heavy atom. The molecule has 0 bridgehead atoms. The minimum absolute atomic E-state index is 0.00249. The van der Waals surface area contributed by atoms with Gasteiger partial charge < -0.3 is 14.5 Å². The minimum atomic E-state index is -0.643. The third-order valence-corrected chi connectivity index (χ3v) is 4.27.